The first-order chi connectivity index (χ1) is 15.8. The number of aliphatic hydroxyl groups excluding tert-OH is 1. The van der Waals surface area contributed by atoms with Crippen LogP contribution in [0.5, 0.6) is 0 Å². The molecule has 0 bridgehead atoms. The van der Waals surface area contributed by atoms with Crippen LogP contribution in [0.25, 0.3) is 28.5 Å². The van der Waals surface area contributed by atoms with Gasteiger partial charge in [0, 0.05) is 17.5 Å². The molecule has 2 heterocycles. The van der Waals surface area contributed by atoms with Gasteiger partial charge in [-0.15, -0.1) is 0 Å². The van der Waals surface area contributed by atoms with E-state index in [9.17, 15) is 14.3 Å². The van der Waals surface area contributed by atoms with Crippen molar-refractivity contribution >= 4 is 12.0 Å². The number of rotatable bonds is 5. The molecule has 1 aromatic heterocycles. The van der Waals surface area contributed by atoms with E-state index in [1.807, 2.05) is 54.6 Å². The number of esters is 1. The highest BCUT2D eigenvalue weighted by Crippen LogP contribution is 2.35. The monoisotopic (exact) mass is 445 g/mol. The smallest absolute Gasteiger partial charge is 0.309 e. The summed E-state index contributed by atoms with van der Waals surface area (Å²) in [6.45, 7) is 5.91. The molecule has 1 N–H and O–H groups in total. The van der Waals surface area contributed by atoms with Crippen LogP contribution in [0.4, 0.5) is 4.39 Å². The third-order valence-corrected chi connectivity index (χ3v) is 5.84. The van der Waals surface area contributed by atoms with Gasteiger partial charge in [-0.25, -0.2) is 4.39 Å². The lowest BCUT2D eigenvalue weighted by molar-refractivity contribution is -0.156. The molecule has 0 radical (unpaired) electrons. The van der Waals surface area contributed by atoms with Crippen molar-refractivity contribution in [1.82, 2.24) is 4.98 Å². The molecule has 5 heteroatoms. The second-order valence-corrected chi connectivity index (χ2v) is 8.82. The number of hydrogen-bond acceptors (Lipinski definition) is 4. The van der Waals surface area contributed by atoms with Gasteiger partial charge in [0.05, 0.1) is 23.9 Å². The lowest BCUT2D eigenvalue weighted by atomic mass is 9.91. The van der Waals surface area contributed by atoms with Crippen molar-refractivity contribution in [3.63, 3.8) is 0 Å². The van der Waals surface area contributed by atoms with Crippen LogP contribution in [0.2, 0.25) is 0 Å². The van der Waals surface area contributed by atoms with Crippen LogP contribution in [0.15, 0.2) is 60.7 Å². The summed E-state index contributed by atoms with van der Waals surface area (Å²) in [5.41, 5.74) is 6.01. The van der Waals surface area contributed by atoms with Gasteiger partial charge in [0.15, 0.2) is 0 Å². The Morgan fingerprint density at radius 2 is 1.88 bits per heavy atom. The molecule has 2 atom stereocenters. The van der Waals surface area contributed by atoms with Gasteiger partial charge in [-0.05, 0) is 53.8 Å². The van der Waals surface area contributed by atoms with Crippen LogP contribution in [0.1, 0.15) is 49.4 Å². The molecule has 170 valence electrons. The molecule has 1 saturated heterocycles. The molecular weight excluding hydrogens is 417 g/mol. The van der Waals surface area contributed by atoms with Crippen molar-refractivity contribution in [2.75, 3.05) is 0 Å². The number of hydrogen-bond donors (Lipinski definition) is 1. The summed E-state index contributed by atoms with van der Waals surface area (Å²) in [5, 5.41) is 9.96. The largest absolute Gasteiger partial charge is 0.458 e. The Balaban J connectivity index is 1.88. The molecule has 1 aliphatic rings. The Hall–Kier alpha value is -3.31. The third-order valence-electron chi connectivity index (χ3n) is 5.84. The number of aromatic nitrogens is 1. The number of benzene rings is 2. The molecule has 0 amide bonds. The van der Waals surface area contributed by atoms with Gasteiger partial charge in [0.1, 0.15) is 11.9 Å². The summed E-state index contributed by atoms with van der Waals surface area (Å²) >= 11 is 0. The number of ether oxygens (including phenoxy) is 1. The number of nitrogens with zero attached hydrogens (tertiary/aromatic N) is 1. The van der Waals surface area contributed by atoms with Crippen molar-refractivity contribution in [3.05, 3.63) is 83.3 Å². The van der Waals surface area contributed by atoms with Crippen LogP contribution in [0, 0.1) is 12.7 Å². The molecule has 1 fully saturated rings. The van der Waals surface area contributed by atoms with Crippen LogP contribution >= 0.6 is 0 Å². The minimum atomic E-state index is -0.705. The number of carbonyl (C=O) groups is 1. The molecule has 4 nitrogen and oxygen atoms in total. The standard InChI is InChI=1S/C28H28FNO3/c1-17(2)28-23(11-10-22-14-21(31)15-27(32)33-22)24(20-9-12-25(29)18(3)13-20)16-26(30-28)19-7-5-4-6-8-19/h4-13,16-17,21-22,31H,14-15H2,1-3H3/t21-,22-/m1/s1. The molecule has 0 spiro atoms. The minimum absolute atomic E-state index is 0.0228. The number of carbonyl (C=O) groups excluding carboxylic acids is 1. The Morgan fingerprint density at radius 1 is 1.12 bits per heavy atom. The average molecular weight is 446 g/mol. The molecule has 4 rings (SSSR count). The highest BCUT2D eigenvalue weighted by molar-refractivity contribution is 5.81. The van der Waals surface area contributed by atoms with Gasteiger partial charge in [-0.3, -0.25) is 9.78 Å². The number of halogens is 1. The highest BCUT2D eigenvalue weighted by Gasteiger charge is 2.26. The van der Waals surface area contributed by atoms with Gasteiger partial charge in [-0.1, -0.05) is 56.3 Å². The highest BCUT2D eigenvalue weighted by atomic mass is 19.1. The third kappa shape index (κ3) is 5.20. The van der Waals surface area contributed by atoms with E-state index in [2.05, 4.69) is 13.8 Å². The molecular formula is C28H28FNO3. The first-order valence-corrected chi connectivity index (χ1v) is 11.2. The maximum Gasteiger partial charge on any atom is 0.309 e. The van der Waals surface area contributed by atoms with Crippen molar-refractivity contribution in [2.45, 2.75) is 51.7 Å². The van der Waals surface area contributed by atoms with Crippen LogP contribution in [-0.4, -0.2) is 28.3 Å². The van der Waals surface area contributed by atoms with E-state index in [0.29, 0.717) is 12.0 Å². The predicted molar refractivity (Wildman–Crippen MR) is 128 cm³/mol. The quantitative estimate of drug-likeness (QED) is 0.485. The zero-order valence-electron chi connectivity index (χ0n) is 19.1. The summed E-state index contributed by atoms with van der Waals surface area (Å²) in [7, 11) is 0. The van der Waals surface area contributed by atoms with Gasteiger partial charge in [0.2, 0.25) is 0 Å². The van der Waals surface area contributed by atoms with Crippen LogP contribution < -0.4 is 0 Å². The van der Waals surface area contributed by atoms with E-state index >= 15 is 0 Å². The molecule has 0 unspecified atom stereocenters. The molecule has 0 saturated carbocycles. The van der Waals surface area contributed by atoms with Gasteiger partial charge < -0.3 is 9.84 Å². The van der Waals surface area contributed by atoms with Crippen molar-refractivity contribution < 1.29 is 19.0 Å². The van der Waals surface area contributed by atoms with E-state index in [0.717, 1.165) is 33.6 Å². The normalized spacial score (nSPS) is 18.7. The predicted octanol–water partition coefficient (Wildman–Crippen LogP) is 6.07. The fourth-order valence-corrected chi connectivity index (χ4v) is 4.13. The van der Waals surface area contributed by atoms with Crippen molar-refractivity contribution in [3.8, 4) is 22.4 Å². The maximum absolute atomic E-state index is 14.0. The van der Waals surface area contributed by atoms with Gasteiger partial charge in [0.25, 0.3) is 0 Å². The zero-order valence-corrected chi connectivity index (χ0v) is 19.1. The first kappa shape index (κ1) is 22.9. The van der Waals surface area contributed by atoms with Gasteiger partial charge in [-0.2, -0.15) is 0 Å². The lowest BCUT2D eigenvalue weighted by Crippen LogP contribution is -2.31. The fourth-order valence-electron chi connectivity index (χ4n) is 4.13. The number of cyclic esters (lactones) is 1. The molecule has 3 aromatic rings. The summed E-state index contributed by atoms with van der Waals surface area (Å²) in [6.07, 6.45) is 2.90. The summed E-state index contributed by atoms with van der Waals surface area (Å²) < 4.78 is 19.4. The summed E-state index contributed by atoms with van der Waals surface area (Å²) in [4.78, 5) is 16.7. The van der Waals surface area contributed by atoms with Crippen LogP contribution in [0.3, 0.4) is 0 Å². The van der Waals surface area contributed by atoms with E-state index in [4.69, 9.17) is 9.72 Å². The molecule has 2 aromatic carbocycles. The van der Waals surface area contributed by atoms with Crippen LogP contribution in [-0.2, 0) is 9.53 Å². The van der Waals surface area contributed by atoms with E-state index in [1.165, 1.54) is 6.07 Å². The Kier molecular flexibility index (Phi) is 6.70. The van der Waals surface area contributed by atoms with Crippen molar-refractivity contribution in [2.24, 2.45) is 0 Å². The van der Waals surface area contributed by atoms with E-state index in [-0.39, 0.29) is 18.2 Å². The Labute approximate surface area is 193 Å². The fraction of sp³-hybridized carbons (Fsp3) is 0.286. The Morgan fingerprint density at radius 3 is 2.55 bits per heavy atom. The van der Waals surface area contributed by atoms with Crippen molar-refractivity contribution in [1.29, 1.82) is 0 Å². The number of pyridine rings is 1. The minimum Gasteiger partial charge on any atom is -0.458 e. The molecule has 33 heavy (non-hydrogen) atoms. The summed E-state index contributed by atoms with van der Waals surface area (Å²) in [5.74, 6) is -0.534. The number of aliphatic hydroxyl groups is 1. The number of aryl methyl sites for hydroxylation is 1. The molecule has 0 aliphatic carbocycles. The van der Waals surface area contributed by atoms with E-state index in [1.54, 1.807) is 13.0 Å². The Bertz CT molecular complexity index is 1190. The van der Waals surface area contributed by atoms with Gasteiger partial charge >= 0.3 is 5.97 Å². The second-order valence-electron chi connectivity index (χ2n) is 8.82. The zero-order chi connectivity index (χ0) is 23.5. The topological polar surface area (TPSA) is 59.4 Å². The van der Waals surface area contributed by atoms with E-state index < -0.39 is 18.2 Å². The first-order valence-electron chi connectivity index (χ1n) is 11.2. The maximum atomic E-state index is 14.0. The lowest BCUT2D eigenvalue weighted by Gasteiger charge is -2.24. The second kappa shape index (κ2) is 9.67. The molecule has 1 aliphatic heterocycles. The average Bonchev–Trinajstić information content (AvgIpc) is 2.79. The summed E-state index contributed by atoms with van der Waals surface area (Å²) in [6, 6.07) is 17.1. The SMILES string of the molecule is Cc1cc(-c2cc(-c3ccccc3)nc(C(C)C)c2C=C[C@@H]2C[C@@H](O)CC(=O)O2)ccc1F.